The topological polar surface area (TPSA) is 85.4 Å². The van der Waals surface area contributed by atoms with Crippen LogP contribution in [0.4, 0.5) is 37.8 Å². The van der Waals surface area contributed by atoms with Crippen LogP contribution in [0, 0.1) is 0 Å². The van der Waals surface area contributed by atoms with Crippen molar-refractivity contribution in [3.8, 4) is 5.75 Å². The summed E-state index contributed by atoms with van der Waals surface area (Å²) in [5, 5.41) is 11.9. The van der Waals surface area contributed by atoms with E-state index in [1.54, 1.807) is 6.07 Å². The van der Waals surface area contributed by atoms with Gasteiger partial charge in [-0.25, -0.2) is 0 Å². The second-order valence-electron chi connectivity index (χ2n) is 11.9. The van der Waals surface area contributed by atoms with Crippen molar-refractivity contribution >= 4 is 60.0 Å². The average Bonchev–Trinajstić information content (AvgIpc) is 3.66. The van der Waals surface area contributed by atoms with Crippen molar-refractivity contribution in [1.29, 1.82) is 0 Å². The fourth-order valence-corrected chi connectivity index (χ4v) is 7.02. The van der Waals surface area contributed by atoms with Crippen LogP contribution in [0.25, 0.3) is 21.8 Å². The summed E-state index contributed by atoms with van der Waals surface area (Å²) in [6.07, 6.45) is -6.20. The Kier molecular flexibility index (Phi) is 9.52. The zero-order valence-corrected chi connectivity index (χ0v) is 28.1. The highest BCUT2D eigenvalue weighted by Crippen LogP contribution is 2.46. The molecule has 5 aromatic rings. The van der Waals surface area contributed by atoms with Crippen LogP contribution in [-0.2, 0) is 35.4 Å². The molecular formula is C32H30BrF6N5O3S. The van der Waals surface area contributed by atoms with Crippen LogP contribution in [0.5, 0.6) is 5.75 Å². The molecule has 1 N–H and O–H groups in total. The Bertz CT molecular complexity index is 1950. The third-order valence-corrected chi connectivity index (χ3v) is 9.67. The highest BCUT2D eigenvalue weighted by molar-refractivity contribution is 9.10. The Hall–Kier alpha value is -3.63. The lowest BCUT2D eigenvalue weighted by Crippen LogP contribution is -2.11. The molecule has 16 heteroatoms. The Morgan fingerprint density at radius 2 is 1.71 bits per heavy atom. The molecular weight excluding hydrogens is 728 g/mol. The summed E-state index contributed by atoms with van der Waals surface area (Å²) >= 11 is 3.57. The van der Waals surface area contributed by atoms with Gasteiger partial charge >= 0.3 is 12.4 Å². The minimum absolute atomic E-state index is 0.000293. The van der Waals surface area contributed by atoms with Crippen LogP contribution >= 0.6 is 15.9 Å². The number of fused-ring (bicyclic) bond motifs is 3. The number of furan rings is 1. The van der Waals surface area contributed by atoms with E-state index in [1.165, 1.54) is 6.20 Å². The van der Waals surface area contributed by atoms with Crippen LogP contribution < -0.4 is 10.1 Å². The van der Waals surface area contributed by atoms with Gasteiger partial charge in [0.1, 0.15) is 17.3 Å². The van der Waals surface area contributed by atoms with E-state index in [0.29, 0.717) is 63.1 Å². The molecule has 1 aliphatic rings. The van der Waals surface area contributed by atoms with E-state index in [-0.39, 0.29) is 30.3 Å². The summed E-state index contributed by atoms with van der Waals surface area (Å²) < 4.78 is 109. The van der Waals surface area contributed by atoms with E-state index in [9.17, 15) is 30.6 Å². The Labute approximate surface area is 282 Å². The molecule has 0 bridgehead atoms. The molecule has 0 spiro atoms. The quantitative estimate of drug-likeness (QED) is 0.101. The lowest BCUT2D eigenvalue weighted by Gasteiger charge is -2.15. The maximum Gasteiger partial charge on any atom is 0.416 e. The molecule has 8 nitrogen and oxygen atoms in total. The number of anilines is 2. The Balaban J connectivity index is 1.26. The minimum Gasteiger partial charge on any atom is -0.492 e. The zero-order chi connectivity index (χ0) is 34.4. The van der Waals surface area contributed by atoms with Crippen LogP contribution in [0.3, 0.4) is 0 Å². The molecule has 6 rings (SSSR count). The zero-order valence-electron chi connectivity index (χ0n) is 25.7. The van der Waals surface area contributed by atoms with Gasteiger partial charge in [-0.15, -0.1) is 5.10 Å². The molecule has 256 valence electrons. The summed E-state index contributed by atoms with van der Waals surface area (Å²) in [5.41, 5.74) is -1.92. The fraction of sp³-hybridized carbons (Fsp3) is 0.375. The molecule has 1 saturated carbocycles. The number of benzene rings is 2. The maximum atomic E-state index is 13.6. The van der Waals surface area contributed by atoms with E-state index in [0.717, 1.165) is 24.1 Å². The standard InChI is InChI=1S/C32H30BrF6N5O3S/c1-43(2)16-22-6-7-23(47-22)17-48(45)9-3-8-46-28-13-24-26(14-25(28)33)44(21-4-5-21)27-15-40-42-30(29(24)27)41-20-11-18(31(34,35)36)10-19(12-20)32(37,38)39/h6-7,10-15,21H,3-5,8-9,16-17H2,1-2H3,(H,41,42). The molecule has 1 atom stereocenters. The summed E-state index contributed by atoms with van der Waals surface area (Å²) in [7, 11) is 2.69. The van der Waals surface area contributed by atoms with E-state index in [2.05, 4.69) is 31.4 Å². The first-order chi connectivity index (χ1) is 22.7. The predicted octanol–water partition coefficient (Wildman–Crippen LogP) is 8.84. The molecule has 0 aliphatic heterocycles. The summed E-state index contributed by atoms with van der Waals surface area (Å²) in [4.78, 5) is 1.98. The first-order valence-corrected chi connectivity index (χ1v) is 17.2. The van der Waals surface area contributed by atoms with Crippen molar-refractivity contribution in [2.24, 2.45) is 0 Å². The fourth-order valence-electron chi connectivity index (χ4n) is 5.52. The first-order valence-electron chi connectivity index (χ1n) is 14.9. The molecule has 1 unspecified atom stereocenters. The number of hydrogen-bond acceptors (Lipinski definition) is 7. The summed E-state index contributed by atoms with van der Waals surface area (Å²) in [5.74, 6) is 2.58. The van der Waals surface area contributed by atoms with Crippen LogP contribution in [0.15, 0.2) is 57.6 Å². The molecule has 0 saturated heterocycles. The third kappa shape index (κ3) is 7.65. The van der Waals surface area contributed by atoms with Crippen molar-refractivity contribution in [2.75, 3.05) is 31.8 Å². The second kappa shape index (κ2) is 13.3. The molecule has 3 heterocycles. The second-order valence-corrected chi connectivity index (χ2v) is 14.3. The number of halogens is 7. The lowest BCUT2D eigenvalue weighted by molar-refractivity contribution is -0.143. The molecule has 2 aromatic carbocycles. The van der Waals surface area contributed by atoms with E-state index < -0.39 is 40.0 Å². The van der Waals surface area contributed by atoms with Crippen LogP contribution in [-0.4, -0.2) is 50.3 Å². The number of nitrogens with one attached hydrogen (secondary N) is 1. The van der Waals surface area contributed by atoms with Crippen LogP contribution in [0.2, 0.25) is 0 Å². The first kappa shape index (κ1) is 34.2. The number of ether oxygens (including phenoxy) is 1. The van der Waals surface area contributed by atoms with Gasteiger partial charge in [-0.2, -0.15) is 31.4 Å². The molecule has 0 radical (unpaired) electrons. The number of nitrogens with zero attached hydrogens (tertiary/aromatic N) is 4. The largest absolute Gasteiger partial charge is 0.492 e. The lowest BCUT2D eigenvalue weighted by atomic mass is 10.1. The Morgan fingerprint density at radius 1 is 1.02 bits per heavy atom. The molecule has 48 heavy (non-hydrogen) atoms. The van der Waals surface area contributed by atoms with Gasteiger partial charge in [0.2, 0.25) is 0 Å². The summed E-state index contributed by atoms with van der Waals surface area (Å²) in [6.45, 7) is 0.893. The molecule has 0 amide bonds. The van der Waals surface area contributed by atoms with Gasteiger partial charge in [0.25, 0.3) is 0 Å². The van der Waals surface area contributed by atoms with Gasteiger partial charge in [-0.1, -0.05) is 0 Å². The van der Waals surface area contributed by atoms with Gasteiger partial charge in [0.05, 0.1) is 57.1 Å². The van der Waals surface area contributed by atoms with Gasteiger partial charge in [-0.05, 0) is 91.8 Å². The van der Waals surface area contributed by atoms with Gasteiger partial charge < -0.3 is 23.9 Å². The highest BCUT2D eigenvalue weighted by Gasteiger charge is 2.37. The van der Waals surface area contributed by atoms with E-state index in [1.807, 2.05) is 41.8 Å². The van der Waals surface area contributed by atoms with Gasteiger partial charge in [-0.3, -0.25) is 4.21 Å². The van der Waals surface area contributed by atoms with Gasteiger partial charge in [0, 0.05) is 33.7 Å². The maximum absolute atomic E-state index is 13.6. The van der Waals surface area contributed by atoms with E-state index in [4.69, 9.17) is 9.15 Å². The summed E-state index contributed by atoms with van der Waals surface area (Å²) in [6, 6.07) is 8.76. The Morgan fingerprint density at radius 3 is 2.35 bits per heavy atom. The predicted molar refractivity (Wildman–Crippen MR) is 174 cm³/mol. The monoisotopic (exact) mass is 757 g/mol. The van der Waals surface area contributed by atoms with Gasteiger partial charge in [0.15, 0.2) is 5.82 Å². The minimum atomic E-state index is -5.00. The number of rotatable bonds is 12. The van der Waals surface area contributed by atoms with Crippen molar-refractivity contribution in [2.45, 2.75) is 50.0 Å². The van der Waals surface area contributed by atoms with Crippen molar-refractivity contribution in [1.82, 2.24) is 19.7 Å². The van der Waals surface area contributed by atoms with E-state index >= 15 is 0 Å². The smallest absolute Gasteiger partial charge is 0.416 e. The molecule has 3 aromatic heterocycles. The average molecular weight is 759 g/mol. The molecule has 1 fully saturated rings. The van der Waals surface area contributed by atoms with Crippen LogP contribution in [0.1, 0.15) is 48.0 Å². The number of alkyl halides is 6. The highest BCUT2D eigenvalue weighted by atomic mass is 79.9. The van der Waals surface area contributed by atoms with Crippen molar-refractivity contribution < 1.29 is 39.7 Å². The van der Waals surface area contributed by atoms with Crippen molar-refractivity contribution in [3.63, 3.8) is 0 Å². The van der Waals surface area contributed by atoms with Crippen molar-refractivity contribution in [3.05, 3.63) is 75.8 Å². The number of aromatic nitrogens is 3. The molecule has 1 aliphatic carbocycles. The number of hydrogen-bond donors (Lipinski definition) is 1. The SMILES string of the molecule is CN(C)Cc1ccc(CS(=O)CCCOc2cc3c4c(Nc5cc(C(F)(F)F)cc(C(F)(F)F)c5)nncc4n(C4CC4)c3cc2Br)o1. The normalized spacial score (nSPS) is 14.7. The third-order valence-electron chi connectivity index (χ3n) is 7.70.